The zero-order valence-corrected chi connectivity index (χ0v) is 18.4. The maximum atomic E-state index is 12.3. The highest BCUT2D eigenvalue weighted by molar-refractivity contribution is 7.99. The van der Waals surface area contributed by atoms with E-state index in [-0.39, 0.29) is 11.7 Å². The summed E-state index contributed by atoms with van der Waals surface area (Å²) in [7, 11) is 5.02. The Hall–Kier alpha value is -2.85. The van der Waals surface area contributed by atoms with Crippen LogP contribution in [0.2, 0.25) is 0 Å². The number of ether oxygens (including phenoxy) is 2. The van der Waals surface area contributed by atoms with Gasteiger partial charge in [0.15, 0.2) is 11.0 Å². The molecule has 30 heavy (non-hydrogen) atoms. The van der Waals surface area contributed by atoms with Crippen molar-refractivity contribution in [1.29, 1.82) is 0 Å². The fraction of sp³-hybridized carbons (Fsp3) is 0.400. The highest BCUT2D eigenvalue weighted by Crippen LogP contribution is 2.29. The Bertz CT molecular complexity index is 983. The van der Waals surface area contributed by atoms with Crippen LogP contribution < -0.4 is 10.1 Å². The second-order valence-electron chi connectivity index (χ2n) is 6.73. The SMILES string of the molecule is COCCn1c(SCC(=O)NCc2ccc(C)cc2)nnc1-c1cn(C)nc1OC. The molecule has 1 amide bonds. The number of hydrogen-bond donors (Lipinski definition) is 1. The van der Waals surface area contributed by atoms with E-state index in [9.17, 15) is 4.79 Å². The van der Waals surface area contributed by atoms with E-state index < -0.39 is 0 Å². The number of carbonyl (C=O) groups is 1. The molecule has 1 N–H and O–H groups in total. The number of amides is 1. The quantitative estimate of drug-likeness (QED) is 0.492. The Kier molecular flexibility index (Phi) is 7.47. The minimum absolute atomic E-state index is 0.0672. The fourth-order valence-electron chi connectivity index (χ4n) is 2.84. The van der Waals surface area contributed by atoms with E-state index in [2.05, 4.69) is 20.6 Å². The van der Waals surface area contributed by atoms with Gasteiger partial charge in [0.2, 0.25) is 11.8 Å². The van der Waals surface area contributed by atoms with Crippen LogP contribution in [-0.4, -0.2) is 57.0 Å². The minimum atomic E-state index is -0.0672. The van der Waals surface area contributed by atoms with E-state index in [1.54, 1.807) is 18.9 Å². The summed E-state index contributed by atoms with van der Waals surface area (Å²) in [5, 5.41) is 16.4. The van der Waals surface area contributed by atoms with Crippen molar-refractivity contribution in [2.24, 2.45) is 7.05 Å². The Morgan fingerprint density at radius 2 is 1.97 bits per heavy atom. The predicted molar refractivity (Wildman–Crippen MR) is 114 cm³/mol. The number of aromatic nitrogens is 5. The van der Waals surface area contributed by atoms with Crippen LogP contribution in [0.5, 0.6) is 5.88 Å². The minimum Gasteiger partial charge on any atom is -0.479 e. The summed E-state index contributed by atoms with van der Waals surface area (Å²) in [6.45, 7) is 3.56. The van der Waals surface area contributed by atoms with Crippen molar-refractivity contribution in [1.82, 2.24) is 29.9 Å². The number of aryl methyl sites for hydroxylation is 2. The molecule has 0 aliphatic rings. The lowest BCUT2D eigenvalue weighted by Crippen LogP contribution is -2.24. The molecular weight excluding hydrogens is 404 g/mol. The number of hydrogen-bond acceptors (Lipinski definition) is 7. The molecule has 9 nitrogen and oxygen atoms in total. The van der Waals surface area contributed by atoms with Gasteiger partial charge in [0.25, 0.3) is 0 Å². The van der Waals surface area contributed by atoms with Crippen molar-refractivity contribution in [2.75, 3.05) is 26.6 Å². The standard InChI is InChI=1S/C20H26N6O3S/c1-14-5-7-15(8-6-14)11-21-17(27)13-30-20-23-22-18(26(20)9-10-28-3)16-12-25(2)24-19(16)29-4/h5-8,12H,9-11,13H2,1-4H3,(H,21,27). The fourth-order valence-corrected chi connectivity index (χ4v) is 3.63. The lowest BCUT2D eigenvalue weighted by molar-refractivity contribution is -0.118. The second-order valence-corrected chi connectivity index (χ2v) is 7.67. The number of nitrogens with one attached hydrogen (secondary N) is 1. The summed E-state index contributed by atoms with van der Waals surface area (Å²) in [6, 6.07) is 8.08. The van der Waals surface area contributed by atoms with E-state index in [0.717, 1.165) is 11.1 Å². The van der Waals surface area contributed by atoms with Gasteiger partial charge >= 0.3 is 0 Å². The molecule has 0 saturated heterocycles. The van der Waals surface area contributed by atoms with Gasteiger partial charge in [0.05, 0.1) is 26.0 Å². The molecule has 0 bridgehead atoms. The smallest absolute Gasteiger partial charge is 0.243 e. The molecule has 2 heterocycles. The van der Waals surface area contributed by atoms with Crippen LogP contribution in [0, 0.1) is 6.92 Å². The van der Waals surface area contributed by atoms with E-state index in [1.807, 2.05) is 49.0 Å². The number of rotatable bonds is 10. The molecule has 0 aliphatic heterocycles. The van der Waals surface area contributed by atoms with Crippen LogP contribution in [-0.2, 0) is 29.7 Å². The maximum absolute atomic E-state index is 12.3. The lowest BCUT2D eigenvalue weighted by atomic mass is 10.1. The van der Waals surface area contributed by atoms with Crippen LogP contribution in [0.4, 0.5) is 0 Å². The highest BCUT2D eigenvalue weighted by Gasteiger charge is 2.20. The third kappa shape index (κ3) is 5.39. The molecule has 0 aliphatic carbocycles. The first kappa shape index (κ1) is 21.8. The van der Waals surface area contributed by atoms with Gasteiger partial charge in [-0.15, -0.1) is 15.3 Å². The third-order valence-electron chi connectivity index (χ3n) is 4.41. The van der Waals surface area contributed by atoms with Crippen molar-refractivity contribution in [2.45, 2.75) is 25.2 Å². The molecule has 0 fully saturated rings. The van der Waals surface area contributed by atoms with Crippen LogP contribution in [0.15, 0.2) is 35.6 Å². The van der Waals surface area contributed by atoms with Crippen LogP contribution in [0.25, 0.3) is 11.4 Å². The normalized spacial score (nSPS) is 10.9. The summed E-state index contributed by atoms with van der Waals surface area (Å²) >= 11 is 1.33. The summed E-state index contributed by atoms with van der Waals surface area (Å²) in [4.78, 5) is 12.3. The van der Waals surface area contributed by atoms with Gasteiger partial charge in [-0.3, -0.25) is 14.0 Å². The number of benzene rings is 1. The summed E-state index contributed by atoms with van der Waals surface area (Å²) < 4.78 is 14.2. The number of thioether (sulfide) groups is 1. The largest absolute Gasteiger partial charge is 0.479 e. The second kappa shape index (κ2) is 10.3. The molecule has 0 unspecified atom stereocenters. The van der Waals surface area contributed by atoms with Crippen molar-refractivity contribution in [3.63, 3.8) is 0 Å². The van der Waals surface area contributed by atoms with Gasteiger partial charge in [-0.05, 0) is 12.5 Å². The average Bonchev–Trinajstić information content (AvgIpc) is 3.32. The topological polar surface area (TPSA) is 96.1 Å². The predicted octanol–water partition coefficient (Wildman–Crippen LogP) is 2.05. The third-order valence-corrected chi connectivity index (χ3v) is 5.37. The van der Waals surface area contributed by atoms with Crippen molar-refractivity contribution < 1.29 is 14.3 Å². The van der Waals surface area contributed by atoms with Crippen molar-refractivity contribution in [3.8, 4) is 17.3 Å². The van der Waals surface area contributed by atoms with Crippen LogP contribution >= 0.6 is 11.8 Å². The van der Waals surface area contributed by atoms with Gasteiger partial charge < -0.3 is 14.8 Å². The Morgan fingerprint density at radius 3 is 2.67 bits per heavy atom. The molecule has 0 radical (unpaired) electrons. The van der Waals surface area contributed by atoms with Crippen LogP contribution in [0.1, 0.15) is 11.1 Å². The van der Waals surface area contributed by atoms with E-state index in [1.165, 1.54) is 17.3 Å². The van der Waals surface area contributed by atoms with Crippen molar-refractivity contribution in [3.05, 3.63) is 41.6 Å². The lowest BCUT2D eigenvalue weighted by Gasteiger charge is -2.09. The molecule has 10 heteroatoms. The molecule has 0 saturated carbocycles. The molecule has 0 atom stereocenters. The monoisotopic (exact) mass is 430 g/mol. The van der Waals surface area contributed by atoms with E-state index in [0.29, 0.717) is 36.6 Å². The molecule has 160 valence electrons. The van der Waals surface area contributed by atoms with Gasteiger partial charge in [-0.2, -0.15) is 0 Å². The Balaban J connectivity index is 1.68. The molecular formula is C20H26N6O3S. The molecule has 0 spiro atoms. The van der Waals surface area contributed by atoms with Crippen LogP contribution in [0.3, 0.4) is 0 Å². The first-order chi connectivity index (χ1) is 14.5. The zero-order valence-electron chi connectivity index (χ0n) is 17.6. The molecule has 2 aromatic heterocycles. The number of nitrogens with zero attached hydrogens (tertiary/aromatic N) is 5. The van der Waals surface area contributed by atoms with Crippen molar-refractivity contribution >= 4 is 17.7 Å². The first-order valence-corrected chi connectivity index (χ1v) is 10.5. The summed E-state index contributed by atoms with van der Waals surface area (Å²) in [6.07, 6.45) is 1.83. The molecule has 3 aromatic rings. The maximum Gasteiger partial charge on any atom is 0.243 e. The average molecular weight is 431 g/mol. The van der Waals surface area contributed by atoms with Gasteiger partial charge in [0, 0.05) is 26.9 Å². The first-order valence-electron chi connectivity index (χ1n) is 9.47. The zero-order chi connectivity index (χ0) is 21.5. The van der Waals surface area contributed by atoms with Gasteiger partial charge in [-0.1, -0.05) is 41.6 Å². The highest BCUT2D eigenvalue weighted by atomic mass is 32.2. The summed E-state index contributed by atoms with van der Waals surface area (Å²) in [5.41, 5.74) is 2.99. The van der Waals surface area contributed by atoms with E-state index in [4.69, 9.17) is 9.47 Å². The Morgan fingerprint density at radius 1 is 1.20 bits per heavy atom. The van der Waals surface area contributed by atoms with Gasteiger partial charge in [0.1, 0.15) is 5.56 Å². The summed E-state index contributed by atoms with van der Waals surface area (Å²) in [5.74, 6) is 1.26. The number of carbonyl (C=O) groups excluding carboxylic acids is 1. The van der Waals surface area contributed by atoms with Gasteiger partial charge in [-0.25, -0.2) is 0 Å². The molecule has 1 aromatic carbocycles. The number of methoxy groups -OCH3 is 2. The van der Waals surface area contributed by atoms with E-state index >= 15 is 0 Å². The Labute approximate surface area is 179 Å². The molecule has 3 rings (SSSR count).